The van der Waals surface area contributed by atoms with E-state index in [-0.39, 0.29) is 0 Å². The lowest BCUT2D eigenvalue weighted by atomic mass is 11.0. The molecule has 2 heteroatoms. The molecule has 0 saturated carbocycles. The molecule has 1 aliphatic rings. The van der Waals surface area contributed by atoms with Gasteiger partial charge in [0.15, 0.2) is 0 Å². The summed E-state index contributed by atoms with van der Waals surface area (Å²) < 4.78 is 0. The van der Waals surface area contributed by atoms with Crippen molar-refractivity contribution in [3.8, 4) is 0 Å². The van der Waals surface area contributed by atoms with Crippen LogP contribution in [0.2, 0.25) is 0 Å². The highest BCUT2D eigenvalue weighted by Crippen LogP contribution is 2.26. The topological polar surface area (TPSA) is 0 Å². The van der Waals surface area contributed by atoms with Crippen LogP contribution in [-0.4, -0.2) is 17.4 Å². The van der Waals surface area contributed by atoms with Gasteiger partial charge in [-0.05, 0) is 11.9 Å². The normalized spacial score (nSPS) is 28.8. The highest BCUT2D eigenvalue weighted by atomic mass is 32.2. The first-order valence-electron chi connectivity index (χ1n) is 1.78. The summed E-state index contributed by atoms with van der Waals surface area (Å²) in [5.74, 6) is 1.43. The van der Waals surface area contributed by atoms with Crippen molar-refractivity contribution in [3.63, 3.8) is 0 Å². The van der Waals surface area contributed by atoms with Crippen molar-refractivity contribution in [2.45, 2.75) is 0 Å². The Morgan fingerprint density at radius 2 is 2.60 bits per heavy atom. The first kappa shape index (κ1) is 3.95. The van der Waals surface area contributed by atoms with Crippen molar-refractivity contribution in [1.29, 1.82) is 0 Å². The Kier molecular flexibility index (Phi) is 1.62. The fourth-order valence-corrected chi connectivity index (χ4v) is 3.25. The third-order valence-electron chi connectivity index (χ3n) is 0.627. The van der Waals surface area contributed by atoms with E-state index >= 15 is 0 Å². The van der Waals surface area contributed by atoms with Crippen LogP contribution in [0, 0.1) is 0 Å². The number of hydrogen-bond acceptors (Lipinski definition) is 1. The lowest BCUT2D eigenvalue weighted by molar-refractivity contribution is 1.58. The fraction of sp³-hybridized carbons (Fsp3) is 1.00. The van der Waals surface area contributed by atoms with Crippen LogP contribution in [0.15, 0.2) is 0 Å². The second kappa shape index (κ2) is 2.04. The Balaban J connectivity index is 2.08. The van der Waals surface area contributed by atoms with Gasteiger partial charge in [-0.25, -0.2) is 0 Å². The van der Waals surface area contributed by atoms with E-state index in [1.165, 1.54) is 26.0 Å². The quantitative estimate of drug-likeness (QED) is 0.420. The van der Waals surface area contributed by atoms with Gasteiger partial charge in [0.1, 0.15) is 0 Å². The minimum absolute atomic E-state index is 1.27. The van der Waals surface area contributed by atoms with Crippen molar-refractivity contribution in [2.75, 3.05) is 17.4 Å². The molecule has 0 aromatic carbocycles. The van der Waals surface area contributed by atoms with Crippen LogP contribution in [0.4, 0.5) is 0 Å². The second-order valence-corrected chi connectivity index (χ2v) is 4.02. The summed E-state index contributed by atoms with van der Waals surface area (Å²) in [4.78, 5) is 0. The summed E-state index contributed by atoms with van der Waals surface area (Å²) in [6.07, 6.45) is 1.49. The van der Waals surface area contributed by atoms with Crippen molar-refractivity contribution < 1.29 is 0 Å². The summed E-state index contributed by atoms with van der Waals surface area (Å²) in [6, 6.07) is 0. The average Bonchev–Trinajstić information content (AvgIpc) is 1.76. The minimum Gasteiger partial charge on any atom is -0.157 e. The summed E-state index contributed by atoms with van der Waals surface area (Å²) in [5, 5.41) is 0. The molecular formula is C3H7PS. The summed E-state index contributed by atoms with van der Waals surface area (Å²) >= 11 is 2.09. The molecule has 0 aliphatic carbocycles. The van der Waals surface area contributed by atoms with Gasteiger partial charge in [0.2, 0.25) is 0 Å². The molecule has 0 bridgehead atoms. The predicted molar refractivity (Wildman–Crippen MR) is 30.5 cm³/mol. The molecule has 0 aromatic heterocycles. The summed E-state index contributed by atoms with van der Waals surface area (Å²) in [5.41, 5.74) is 1.44. The Morgan fingerprint density at radius 1 is 1.60 bits per heavy atom. The highest BCUT2D eigenvalue weighted by Gasteiger charge is 1.95. The van der Waals surface area contributed by atoms with Gasteiger partial charge in [-0.3, -0.25) is 0 Å². The third-order valence-corrected chi connectivity index (χ3v) is 3.72. The van der Waals surface area contributed by atoms with Gasteiger partial charge in [0.25, 0.3) is 0 Å². The zero-order valence-corrected chi connectivity index (χ0v) is 4.85. The van der Waals surface area contributed by atoms with Crippen LogP contribution in [0.25, 0.3) is 0 Å². The van der Waals surface area contributed by atoms with E-state index in [1.54, 1.807) is 0 Å². The largest absolute Gasteiger partial charge is 0.157 e. The van der Waals surface area contributed by atoms with Gasteiger partial charge in [-0.2, -0.15) is 11.8 Å². The molecule has 1 heterocycles. The molecule has 0 aromatic rings. The minimum atomic E-state index is 1.27. The number of thioether (sulfide) groups is 1. The lowest BCUT2D eigenvalue weighted by Gasteiger charge is -1.69. The van der Waals surface area contributed by atoms with Crippen LogP contribution < -0.4 is 0 Å². The van der Waals surface area contributed by atoms with E-state index < -0.39 is 0 Å². The fourth-order valence-electron chi connectivity index (χ4n) is 0.361. The maximum absolute atomic E-state index is 2.09. The van der Waals surface area contributed by atoms with Crippen molar-refractivity contribution in [1.82, 2.24) is 0 Å². The molecule has 30 valence electrons. The molecule has 1 aliphatic heterocycles. The summed E-state index contributed by atoms with van der Waals surface area (Å²) in [7, 11) is 1.27. The molecule has 0 spiro atoms. The van der Waals surface area contributed by atoms with Gasteiger partial charge >= 0.3 is 0 Å². The van der Waals surface area contributed by atoms with Crippen molar-refractivity contribution in [3.05, 3.63) is 0 Å². The molecule has 1 unspecified atom stereocenters. The first-order valence-corrected chi connectivity index (χ1v) is 4.35. The van der Waals surface area contributed by atoms with Crippen LogP contribution in [0.5, 0.6) is 0 Å². The van der Waals surface area contributed by atoms with Crippen LogP contribution in [-0.2, 0) is 0 Å². The van der Waals surface area contributed by atoms with Gasteiger partial charge in [0, 0.05) is 5.49 Å². The molecule has 1 fully saturated rings. The van der Waals surface area contributed by atoms with Crippen molar-refractivity contribution >= 4 is 20.3 Å². The smallest absolute Gasteiger partial charge is 0.0108 e. The Bertz CT molecular complexity index is 18.5. The van der Waals surface area contributed by atoms with Gasteiger partial charge in [0.05, 0.1) is 0 Å². The third kappa shape index (κ3) is 1.11. The zero-order valence-electron chi connectivity index (χ0n) is 3.03. The average molecular weight is 106 g/mol. The second-order valence-electron chi connectivity index (χ2n) is 1.05. The van der Waals surface area contributed by atoms with E-state index in [0.717, 1.165) is 0 Å². The number of rotatable bonds is 0. The summed E-state index contributed by atoms with van der Waals surface area (Å²) in [6.45, 7) is 0. The highest BCUT2D eigenvalue weighted by molar-refractivity contribution is 8.05. The van der Waals surface area contributed by atoms with E-state index in [1.807, 2.05) is 0 Å². The Labute approximate surface area is 38.5 Å². The lowest BCUT2D eigenvalue weighted by Crippen LogP contribution is -1.63. The van der Waals surface area contributed by atoms with E-state index in [4.69, 9.17) is 0 Å². The zero-order chi connectivity index (χ0) is 3.54. The predicted octanol–water partition coefficient (Wildman–Crippen LogP) is 1.37. The number of hydrogen-bond donors (Lipinski definition) is 0. The molecule has 5 heavy (non-hydrogen) atoms. The van der Waals surface area contributed by atoms with Crippen molar-refractivity contribution in [2.24, 2.45) is 0 Å². The molecule has 0 nitrogen and oxygen atoms in total. The molecule has 1 atom stereocenters. The Hall–Kier alpha value is 0.780. The Morgan fingerprint density at radius 3 is 2.80 bits per heavy atom. The molecule has 1 rings (SSSR count). The van der Waals surface area contributed by atoms with Crippen LogP contribution in [0.3, 0.4) is 0 Å². The van der Waals surface area contributed by atoms with Gasteiger partial charge < -0.3 is 0 Å². The molecule has 0 N–H and O–H groups in total. The van der Waals surface area contributed by atoms with Gasteiger partial charge in [-0.15, -0.1) is 8.58 Å². The standard InChI is InChI=1S/C3H7PS/c1-2-5-3-4-1/h4H,1-3H2. The molecule has 0 radical (unpaired) electrons. The first-order chi connectivity index (χ1) is 2.50. The molecule has 0 amide bonds. The molecule has 1 saturated heterocycles. The van der Waals surface area contributed by atoms with Crippen LogP contribution in [0.1, 0.15) is 0 Å². The van der Waals surface area contributed by atoms with E-state index in [2.05, 4.69) is 11.8 Å². The molecular weight excluding hydrogens is 99.1 g/mol. The maximum atomic E-state index is 2.09. The SMILES string of the molecule is C1CSCP1. The maximum Gasteiger partial charge on any atom is 0.0108 e. The van der Waals surface area contributed by atoms with Crippen LogP contribution >= 0.6 is 20.3 Å². The van der Waals surface area contributed by atoms with E-state index in [0.29, 0.717) is 0 Å². The van der Waals surface area contributed by atoms with E-state index in [9.17, 15) is 0 Å². The monoisotopic (exact) mass is 106 g/mol. The van der Waals surface area contributed by atoms with Gasteiger partial charge in [-0.1, -0.05) is 0 Å².